The van der Waals surface area contributed by atoms with E-state index in [9.17, 15) is 19.8 Å². The highest BCUT2D eigenvalue weighted by molar-refractivity contribution is 7.98. The summed E-state index contributed by atoms with van der Waals surface area (Å²) >= 11 is 7.67. The van der Waals surface area contributed by atoms with Crippen LogP contribution in [0.3, 0.4) is 0 Å². The number of benzene rings is 3. The number of nitrogens with zero attached hydrogens (tertiary/aromatic N) is 2. The molecule has 48 heavy (non-hydrogen) atoms. The first-order valence-electron chi connectivity index (χ1n) is 16.5. The number of carboxylic acid groups (broad SMARTS) is 1. The molecule has 1 unspecified atom stereocenters. The summed E-state index contributed by atoms with van der Waals surface area (Å²) in [6.07, 6.45) is 3.06. The molecule has 0 aliphatic heterocycles. The molecule has 0 heterocycles. The highest BCUT2D eigenvalue weighted by atomic mass is 35.5. The molecule has 4 rings (SSSR count). The summed E-state index contributed by atoms with van der Waals surface area (Å²) in [6.45, 7) is 9.15. The second kappa shape index (κ2) is 16.2. The summed E-state index contributed by atoms with van der Waals surface area (Å²) < 4.78 is 0. The molecular weight excluding hydrogens is 646 g/mol. The molecular formula is C38H48ClN3O5S. The molecule has 0 bridgehead atoms. The number of halogens is 1. The minimum Gasteiger partial charge on any atom is -0.465 e. The topological polar surface area (TPSA) is 110 Å². The molecule has 3 aromatic rings. The lowest BCUT2D eigenvalue weighted by Gasteiger charge is -2.45. The second-order valence-corrected chi connectivity index (χ2v) is 14.8. The lowest BCUT2D eigenvalue weighted by molar-refractivity contribution is -0.149. The number of nitrogens with one attached hydrogen (secondary N) is 1. The van der Waals surface area contributed by atoms with E-state index >= 15 is 4.79 Å². The molecule has 0 radical (unpaired) electrons. The molecule has 3 N–H and O–H groups in total. The molecule has 2 atom stereocenters. The van der Waals surface area contributed by atoms with Crippen molar-refractivity contribution in [2.75, 3.05) is 11.6 Å². The van der Waals surface area contributed by atoms with Crippen LogP contribution in [-0.4, -0.2) is 61.8 Å². The van der Waals surface area contributed by atoms with Gasteiger partial charge < -0.3 is 20.4 Å². The van der Waals surface area contributed by atoms with Crippen LogP contribution in [0, 0.1) is 11.8 Å². The summed E-state index contributed by atoms with van der Waals surface area (Å²) in [5.41, 5.74) is 3.16. The molecule has 0 spiro atoms. The van der Waals surface area contributed by atoms with Gasteiger partial charge in [0.15, 0.2) is 0 Å². The Morgan fingerprint density at radius 2 is 1.56 bits per heavy atom. The Labute approximate surface area is 293 Å². The number of carbonyl (C=O) groups excluding carboxylic acids is 2. The van der Waals surface area contributed by atoms with E-state index < -0.39 is 29.6 Å². The van der Waals surface area contributed by atoms with Crippen LogP contribution in [0.1, 0.15) is 69.7 Å². The number of aliphatic hydroxyl groups excluding tert-OH is 1. The van der Waals surface area contributed by atoms with Crippen molar-refractivity contribution < 1.29 is 24.6 Å². The fraction of sp³-hybridized carbons (Fsp3) is 0.447. The molecule has 10 heteroatoms. The summed E-state index contributed by atoms with van der Waals surface area (Å²) in [6, 6.07) is 18.5. The van der Waals surface area contributed by atoms with Crippen molar-refractivity contribution in [1.82, 2.24) is 9.80 Å². The quantitative estimate of drug-likeness (QED) is 0.157. The van der Waals surface area contributed by atoms with Gasteiger partial charge in [-0.3, -0.25) is 14.5 Å². The normalized spacial score (nSPS) is 14.4. The summed E-state index contributed by atoms with van der Waals surface area (Å²) in [7, 11) is 0. The SMILES string of the molecule is CCC(CC)C(C(=O)Nc1ccc(Cl)cc1)N(Cc1ccc(SC)cc1CO)C(=O)[C@@H](C1Cc2ccccc2C1)N(C(=O)O)C(C)(C)C. The maximum atomic E-state index is 15.4. The van der Waals surface area contributed by atoms with Gasteiger partial charge in [0, 0.05) is 27.7 Å². The predicted octanol–water partition coefficient (Wildman–Crippen LogP) is 7.89. The first-order chi connectivity index (χ1) is 22.8. The van der Waals surface area contributed by atoms with Crippen LogP contribution in [0.15, 0.2) is 71.6 Å². The highest BCUT2D eigenvalue weighted by Crippen LogP contribution is 2.36. The number of rotatable bonds is 13. The van der Waals surface area contributed by atoms with E-state index in [4.69, 9.17) is 11.6 Å². The van der Waals surface area contributed by atoms with Gasteiger partial charge in [0.2, 0.25) is 11.8 Å². The number of thioether (sulfide) groups is 1. The average molecular weight is 694 g/mol. The van der Waals surface area contributed by atoms with E-state index in [0.29, 0.717) is 47.5 Å². The zero-order valence-corrected chi connectivity index (χ0v) is 30.3. The largest absolute Gasteiger partial charge is 0.465 e. The molecule has 1 aliphatic carbocycles. The molecule has 0 aromatic heterocycles. The van der Waals surface area contributed by atoms with Gasteiger partial charge in [-0.15, -0.1) is 11.8 Å². The maximum Gasteiger partial charge on any atom is 0.408 e. The minimum absolute atomic E-state index is 0.0202. The summed E-state index contributed by atoms with van der Waals surface area (Å²) in [5, 5.41) is 24.7. The molecule has 3 amide bonds. The van der Waals surface area contributed by atoms with Gasteiger partial charge >= 0.3 is 6.09 Å². The van der Waals surface area contributed by atoms with Crippen molar-refractivity contribution in [3.63, 3.8) is 0 Å². The average Bonchev–Trinajstić information content (AvgIpc) is 3.49. The zero-order valence-electron chi connectivity index (χ0n) is 28.7. The van der Waals surface area contributed by atoms with Gasteiger partial charge in [0.05, 0.1) is 6.61 Å². The molecule has 3 aromatic carbocycles. The van der Waals surface area contributed by atoms with Crippen LogP contribution >= 0.6 is 23.4 Å². The number of hydrogen-bond donors (Lipinski definition) is 3. The van der Waals surface area contributed by atoms with Crippen molar-refractivity contribution in [2.45, 2.75) is 96.0 Å². The number of hydrogen-bond acceptors (Lipinski definition) is 5. The zero-order chi connectivity index (χ0) is 35.2. The molecule has 0 fully saturated rings. The van der Waals surface area contributed by atoms with Crippen LogP contribution in [0.2, 0.25) is 5.02 Å². The van der Waals surface area contributed by atoms with Crippen molar-refractivity contribution >= 4 is 47.0 Å². The number of aliphatic hydroxyl groups is 1. The first kappa shape index (κ1) is 37.3. The van der Waals surface area contributed by atoms with Crippen LogP contribution < -0.4 is 5.32 Å². The summed E-state index contributed by atoms with van der Waals surface area (Å²) in [4.78, 5) is 46.8. The van der Waals surface area contributed by atoms with Crippen molar-refractivity contribution in [1.29, 1.82) is 0 Å². The summed E-state index contributed by atoms with van der Waals surface area (Å²) in [5.74, 6) is -1.37. The predicted molar refractivity (Wildman–Crippen MR) is 193 cm³/mol. The molecule has 0 saturated carbocycles. The van der Waals surface area contributed by atoms with E-state index in [1.54, 1.807) is 61.7 Å². The Kier molecular flexibility index (Phi) is 12.6. The van der Waals surface area contributed by atoms with Crippen LogP contribution in [0.5, 0.6) is 0 Å². The molecule has 0 saturated heterocycles. The number of amides is 3. The first-order valence-corrected chi connectivity index (χ1v) is 18.2. The molecule has 258 valence electrons. The Morgan fingerprint density at radius 3 is 2.06 bits per heavy atom. The Hall–Kier alpha value is -3.53. The van der Waals surface area contributed by atoms with E-state index in [-0.39, 0.29) is 30.9 Å². The van der Waals surface area contributed by atoms with E-state index in [0.717, 1.165) is 16.0 Å². The van der Waals surface area contributed by atoms with E-state index in [1.165, 1.54) is 4.90 Å². The third-order valence-corrected chi connectivity index (χ3v) is 10.4. The van der Waals surface area contributed by atoms with Crippen LogP contribution in [0.25, 0.3) is 0 Å². The van der Waals surface area contributed by atoms with Crippen LogP contribution in [0.4, 0.5) is 10.5 Å². The Morgan fingerprint density at radius 1 is 0.958 bits per heavy atom. The van der Waals surface area contributed by atoms with Crippen molar-refractivity contribution in [3.8, 4) is 0 Å². The van der Waals surface area contributed by atoms with Gasteiger partial charge in [-0.1, -0.05) is 68.6 Å². The lowest BCUT2D eigenvalue weighted by atomic mass is 9.87. The third-order valence-electron chi connectivity index (χ3n) is 9.41. The Bertz CT molecular complexity index is 1560. The van der Waals surface area contributed by atoms with Gasteiger partial charge in [-0.05, 0) is 110 Å². The second-order valence-electron chi connectivity index (χ2n) is 13.5. The lowest BCUT2D eigenvalue weighted by Crippen LogP contribution is -2.63. The third kappa shape index (κ3) is 8.54. The monoisotopic (exact) mass is 693 g/mol. The Balaban J connectivity index is 1.90. The number of fused-ring (bicyclic) bond motifs is 1. The number of anilines is 1. The maximum absolute atomic E-state index is 15.4. The highest BCUT2D eigenvalue weighted by Gasteiger charge is 2.48. The van der Waals surface area contributed by atoms with Gasteiger partial charge in [-0.2, -0.15) is 0 Å². The number of carbonyl (C=O) groups is 3. The standard InChI is InChI=1S/C38H48ClN3O5S/c1-7-24(8-2)33(35(44)40-31-16-14-30(39)15-17-31)41(22-27-13-18-32(48-6)21-29(27)23-43)36(45)34(42(37(46)47)38(3,4)5)28-19-25-11-9-10-12-26(25)20-28/h9-18,21,24,28,33-34,43H,7-8,19-20,22-23H2,1-6H3,(H,40,44)(H,46,47)/t33?,34-/m1/s1. The van der Waals surface area contributed by atoms with Crippen molar-refractivity contribution in [3.05, 3.63) is 94.0 Å². The van der Waals surface area contributed by atoms with E-state index in [2.05, 4.69) is 5.32 Å². The van der Waals surface area contributed by atoms with Gasteiger partial charge in [0.25, 0.3) is 0 Å². The van der Waals surface area contributed by atoms with Crippen LogP contribution in [-0.2, 0) is 35.6 Å². The van der Waals surface area contributed by atoms with E-state index in [1.807, 2.05) is 62.6 Å². The van der Waals surface area contributed by atoms with Gasteiger partial charge in [-0.25, -0.2) is 4.79 Å². The van der Waals surface area contributed by atoms with Gasteiger partial charge in [0.1, 0.15) is 12.1 Å². The fourth-order valence-electron chi connectivity index (χ4n) is 6.95. The van der Waals surface area contributed by atoms with Crippen molar-refractivity contribution in [2.24, 2.45) is 11.8 Å². The molecule has 1 aliphatic rings. The fourth-order valence-corrected chi connectivity index (χ4v) is 7.54. The minimum atomic E-state index is -1.19. The molecule has 8 nitrogen and oxygen atoms in total. The smallest absolute Gasteiger partial charge is 0.408 e.